The van der Waals surface area contributed by atoms with Gasteiger partial charge >= 0.3 is 0 Å². The lowest BCUT2D eigenvalue weighted by Gasteiger charge is -2.32. The fourth-order valence-corrected chi connectivity index (χ4v) is 4.76. The lowest BCUT2D eigenvalue weighted by Crippen LogP contribution is -2.38. The number of carbonyl (C=O) groups is 1. The summed E-state index contributed by atoms with van der Waals surface area (Å²) in [6.07, 6.45) is 4.84. The minimum absolute atomic E-state index is 0.217. The zero-order valence-electron chi connectivity index (χ0n) is 22.0. The molecule has 2 aromatic heterocycles. The van der Waals surface area contributed by atoms with E-state index in [0.29, 0.717) is 18.4 Å². The highest BCUT2D eigenvalue weighted by atomic mass is 16.5. The highest BCUT2D eigenvalue weighted by Gasteiger charge is 2.21. The first-order chi connectivity index (χ1) is 19.1. The Labute approximate surface area is 226 Å². The van der Waals surface area contributed by atoms with Crippen molar-refractivity contribution < 1.29 is 14.7 Å². The molecule has 11 nitrogen and oxygen atoms in total. The number of benzene rings is 2. The van der Waals surface area contributed by atoms with Crippen LogP contribution in [-0.2, 0) is 6.54 Å². The average molecular weight is 529 g/mol. The standard InChI is InChI=1S/C28H32N8O3/c1-35(21-7-9-22(39-2)10-8-21)26-23-5-3-4-6-24(23)32-25(33-26)18-29-15-19-11-13-36(14-12-19)28-30-16-20(17-31-28)27(37)34-38/h3-10,16-17,19,29,38H,11-15,18H2,1-2H3,(H,34,37). The van der Waals surface area contributed by atoms with Crippen LogP contribution >= 0.6 is 0 Å². The molecule has 3 N–H and O–H groups in total. The first kappa shape index (κ1) is 26.3. The Morgan fingerprint density at radius 1 is 1.08 bits per heavy atom. The van der Waals surface area contributed by atoms with Crippen LogP contribution in [0.4, 0.5) is 17.5 Å². The SMILES string of the molecule is COc1ccc(N(C)c2nc(CNCC3CCN(c4ncc(C(=O)NO)cn4)CC3)nc3ccccc23)cc1. The van der Waals surface area contributed by atoms with Crippen molar-refractivity contribution in [2.45, 2.75) is 19.4 Å². The first-order valence-electron chi connectivity index (χ1n) is 12.9. The maximum Gasteiger partial charge on any atom is 0.277 e. The van der Waals surface area contributed by atoms with Gasteiger partial charge in [0, 0.05) is 43.6 Å². The van der Waals surface area contributed by atoms with Crippen molar-refractivity contribution in [3.63, 3.8) is 0 Å². The van der Waals surface area contributed by atoms with Gasteiger partial charge in [-0.15, -0.1) is 0 Å². The summed E-state index contributed by atoms with van der Waals surface area (Å²) in [4.78, 5) is 34.0. The maximum atomic E-state index is 11.5. The monoisotopic (exact) mass is 528 g/mol. The number of hydrogen-bond acceptors (Lipinski definition) is 10. The van der Waals surface area contributed by atoms with Crippen LogP contribution in [0.25, 0.3) is 10.9 Å². The molecule has 1 saturated heterocycles. The molecule has 0 unspecified atom stereocenters. The molecule has 0 radical (unpaired) electrons. The van der Waals surface area contributed by atoms with E-state index in [1.807, 2.05) is 55.6 Å². The van der Waals surface area contributed by atoms with Gasteiger partial charge in [-0.25, -0.2) is 25.4 Å². The van der Waals surface area contributed by atoms with Crippen molar-refractivity contribution in [1.29, 1.82) is 0 Å². The third kappa shape index (κ3) is 6.05. The normalized spacial score (nSPS) is 13.9. The molecule has 4 aromatic rings. The van der Waals surface area contributed by atoms with Gasteiger partial charge in [0.25, 0.3) is 5.91 Å². The number of hydrogen-bond donors (Lipinski definition) is 3. The Morgan fingerprint density at radius 3 is 2.49 bits per heavy atom. The van der Waals surface area contributed by atoms with Gasteiger partial charge < -0.3 is 19.9 Å². The van der Waals surface area contributed by atoms with E-state index in [4.69, 9.17) is 19.9 Å². The van der Waals surface area contributed by atoms with Crippen molar-refractivity contribution in [2.24, 2.45) is 5.92 Å². The summed E-state index contributed by atoms with van der Waals surface area (Å²) in [5.74, 6) is 2.91. The second kappa shape index (κ2) is 12.0. The molecule has 202 valence electrons. The van der Waals surface area contributed by atoms with Crippen molar-refractivity contribution in [3.05, 3.63) is 72.3 Å². The van der Waals surface area contributed by atoms with Gasteiger partial charge in [-0.2, -0.15) is 0 Å². The van der Waals surface area contributed by atoms with Crippen LogP contribution in [0.2, 0.25) is 0 Å². The Hall–Kier alpha value is -4.35. The molecule has 1 aliphatic heterocycles. The molecule has 1 aliphatic rings. The number of nitrogens with one attached hydrogen (secondary N) is 2. The number of anilines is 3. The van der Waals surface area contributed by atoms with Crippen LogP contribution in [0.15, 0.2) is 60.9 Å². The lowest BCUT2D eigenvalue weighted by atomic mass is 9.97. The Bertz CT molecular complexity index is 1410. The summed E-state index contributed by atoms with van der Waals surface area (Å²) < 4.78 is 5.30. The van der Waals surface area contributed by atoms with Crippen LogP contribution in [0.3, 0.4) is 0 Å². The molecule has 1 fully saturated rings. The van der Waals surface area contributed by atoms with E-state index in [1.165, 1.54) is 12.4 Å². The van der Waals surface area contributed by atoms with Crippen molar-refractivity contribution in [1.82, 2.24) is 30.7 Å². The molecule has 3 heterocycles. The van der Waals surface area contributed by atoms with Gasteiger partial charge in [0.1, 0.15) is 17.4 Å². The fraction of sp³-hybridized carbons (Fsp3) is 0.321. The number of nitrogens with zero attached hydrogens (tertiary/aromatic N) is 6. The quantitative estimate of drug-likeness (QED) is 0.220. The largest absolute Gasteiger partial charge is 0.497 e. The average Bonchev–Trinajstić information content (AvgIpc) is 3.00. The minimum Gasteiger partial charge on any atom is -0.497 e. The van der Waals surface area contributed by atoms with Crippen LogP contribution in [-0.4, -0.2) is 64.8 Å². The Kier molecular flexibility index (Phi) is 8.09. The van der Waals surface area contributed by atoms with E-state index in [2.05, 4.69) is 25.1 Å². The molecule has 0 spiro atoms. The molecule has 1 amide bonds. The van der Waals surface area contributed by atoms with E-state index in [-0.39, 0.29) is 5.56 Å². The molecular formula is C28H32N8O3. The maximum absolute atomic E-state index is 11.5. The second-order valence-corrected chi connectivity index (χ2v) is 9.51. The molecule has 0 bridgehead atoms. The third-order valence-corrected chi connectivity index (χ3v) is 7.02. The molecule has 5 rings (SSSR count). The van der Waals surface area contributed by atoms with Gasteiger partial charge in [-0.1, -0.05) is 12.1 Å². The van der Waals surface area contributed by atoms with Gasteiger partial charge in [-0.3, -0.25) is 10.0 Å². The van der Waals surface area contributed by atoms with E-state index in [9.17, 15) is 4.79 Å². The van der Waals surface area contributed by atoms with Crippen molar-refractivity contribution >= 4 is 34.3 Å². The van der Waals surface area contributed by atoms with E-state index < -0.39 is 5.91 Å². The van der Waals surface area contributed by atoms with E-state index in [0.717, 1.165) is 66.5 Å². The highest BCUT2D eigenvalue weighted by molar-refractivity contribution is 5.93. The Morgan fingerprint density at radius 2 is 1.79 bits per heavy atom. The molecular weight excluding hydrogens is 496 g/mol. The number of rotatable bonds is 9. The highest BCUT2D eigenvalue weighted by Crippen LogP contribution is 2.30. The molecule has 2 aromatic carbocycles. The minimum atomic E-state index is -0.624. The second-order valence-electron chi connectivity index (χ2n) is 9.51. The number of methoxy groups -OCH3 is 1. The summed E-state index contributed by atoms with van der Waals surface area (Å²) in [5.41, 5.74) is 3.73. The number of fused-ring (bicyclic) bond motifs is 1. The molecule has 11 heteroatoms. The zero-order valence-corrected chi connectivity index (χ0v) is 22.0. The van der Waals surface area contributed by atoms with Crippen LogP contribution in [0.5, 0.6) is 5.75 Å². The summed E-state index contributed by atoms with van der Waals surface area (Å²) in [6, 6.07) is 16.0. The van der Waals surface area contributed by atoms with Gasteiger partial charge in [0.2, 0.25) is 5.95 Å². The number of amides is 1. The van der Waals surface area contributed by atoms with Crippen molar-refractivity contribution in [3.8, 4) is 5.75 Å². The smallest absolute Gasteiger partial charge is 0.277 e. The first-order valence-corrected chi connectivity index (χ1v) is 12.9. The van der Waals surface area contributed by atoms with E-state index in [1.54, 1.807) is 12.6 Å². The van der Waals surface area contributed by atoms with Crippen LogP contribution in [0, 0.1) is 5.92 Å². The predicted octanol–water partition coefficient (Wildman–Crippen LogP) is 3.32. The Balaban J connectivity index is 1.19. The van der Waals surface area contributed by atoms with Gasteiger partial charge in [0.05, 0.1) is 24.7 Å². The number of ether oxygens (including phenoxy) is 1. The van der Waals surface area contributed by atoms with E-state index >= 15 is 0 Å². The fourth-order valence-electron chi connectivity index (χ4n) is 4.76. The topological polar surface area (TPSA) is 129 Å². The van der Waals surface area contributed by atoms with Crippen LogP contribution in [0.1, 0.15) is 29.0 Å². The molecule has 0 saturated carbocycles. The van der Waals surface area contributed by atoms with Crippen LogP contribution < -0.4 is 25.3 Å². The molecule has 0 atom stereocenters. The number of carbonyl (C=O) groups excluding carboxylic acids is 1. The van der Waals surface area contributed by atoms with Crippen molar-refractivity contribution in [2.75, 3.05) is 43.6 Å². The third-order valence-electron chi connectivity index (χ3n) is 7.02. The number of piperidine rings is 1. The summed E-state index contributed by atoms with van der Waals surface area (Å²) >= 11 is 0. The summed E-state index contributed by atoms with van der Waals surface area (Å²) in [7, 11) is 3.68. The lowest BCUT2D eigenvalue weighted by molar-refractivity contribution is 0.0705. The summed E-state index contributed by atoms with van der Waals surface area (Å²) in [6.45, 7) is 3.11. The molecule has 39 heavy (non-hydrogen) atoms. The number of aromatic nitrogens is 4. The summed E-state index contributed by atoms with van der Waals surface area (Å²) in [5, 5.41) is 13.3. The van der Waals surface area contributed by atoms with Gasteiger partial charge in [-0.05, 0) is 61.7 Å². The van der Waals surface area contributed by atoms with Gasteiger partial charge in [0.15, 0.2) is 0 Å². The predicted molar refractivity (Wildman–Crippen MR) is 149 cm³/mol. The number of para-hydroxylation sites is 1. The molecule has 0 aliphatic carbocycles. The zero-order chi connectivity index (χ0) is 27.2. The number of hydroxylamine groups is 1.